The average Bonchev–Trinajstić information content (AvgIpc) is 2.42. The van der Waals surface area contributed by atoms with Gasteiger partial charge in [-0.25, -0.2) is 4.79 Å². The largest absolute Gasteiger partial charge is 0.338 e. The lowest BCUT2D eigenvalue weighted by Gasteiger charge is -2.17. The normalized spacial score (nSPS) is 22.6. The molecule has 0 aromatic rings. The number of rotatable bonds is 2. The third-order valence-corrected chi connectivity index (χ3v) is 2.60. The van der Waals surface area contributed by atoms with Crippen LogP contribution in [0.1, 0.15) is 19.3 Å². The molecule has 4 nitrogen and oxygen atoms in total. The Morgan fingerprint density at radius 3 is 3.00 bits per heavy atom. The Balaban J connectivity index is 2.19. The minimum atomic E-state index is 0.00856. The number of urea groups is 1. The first kappa shape index (κ1) is 11.3. The van der Waals surface area contributed by atoms with E-state index in [-0.39, 0.29) is 6.03 Å². The highest BCUT2D eigenvalue weighted by atomic mass is 16.2. The Kier molecular flexibility index (Phi) is 4.73. The van der Waals surface area contributed by atoms with Crippen LogP contribution < -0.4 is 10.6 Å². The third-order valence-electron chi connectivity index (χ3n) is 2.60. The van der Waals surface area contributed by atoms with E-state index in [0.29, 0.717) is 5.92 Å². The zero-order valence-corrected chi connectivity index (χ0v) is 9.18. The summed E-state index contributed by atoms with van der Waals surface area (Å²) in [6.07, 6.45) is 3.76. The molecule has 82 valence electrons. The molecule has 0 bridgehead atoms. The molecule has 1 rings (SSSR count). The van der Waals surface area contributed by atoms with E-state index < -0.39 is 0 Å². The number of hydrogen-bond acceptors (Lipinski definition) is 2. The maximum atomic E-state index is 11.3. The molecule has 14 heavy (non-hydrogen) atoms. The van der Waals surface area contributed by atoms with Crippen LogP contribution in [0.25, 0.3) is 0 Å². The molecule has 1 aliphatic rings. The van der Waals surface area contributed by atoms with Gasteiger partial charge in [0.2, 0.25) is 0 Å². The van der Waals surface area contributed by atoms with Gasteiger partial charge in [0.15, 0.2) is 0 Å². The highest BCUT2D eigenvalue weighted by Crippen LogP contribution is 2.09. The first-order valence-corrected chi connectivity index (χ1v) is 5.36. The number of amides is 2. The van der Waals surface area contributed by atoms with Crippen molar-refractivity contribution in [2.24, 2.45) is 5.92 Å². The van der Waals surface area contributed by atoms with Crippen molar-refractivity contribution in [3.05, 3.63) is 0 Å². The summed E-state index contributed by atoms with van der Waals surface area (Å²) in [6.45, 7) is 2.95. The summed E-state index contributed by atoms with van der Waals surface area (Å²) in [7, 11) is 3.53. The molecule has 2 amide bonds. The first-order chi connectivity index (χ1) is 6.70. The second kappa shape index (κ2) is 5.86. The molecule has 0 radical (unpaired) electrons. The van der Waals surface area contributed by atoms with Crippen LogP contribution in [0.2, 0.25) is 0 Å². The molecule has 0 saturated carbocycles. The Bertz CT molecular complexity index is 174. The summed E-state index contributed by atoms with van der Waals surface area (Å²) >= 11 is 0. The van der Waals surface area contributed by atoms with Crippen molar-refractivity contribution in [3.63, 3.8) is 0 Å². The van der Waals surface area contributed by atoms with Gasteiger partial charge in [0.1, 0.15) is 0 Å². The molecule has 0 aliphatic carbocycles. The van der Waals surface area contributed by atoms with Crippen LogP contribution >= 0.6 is 0 Å². The summed E-state index contributed by atoms with van der Waals surface area (Å²) < 4.78 is 0. The maximum Gasteiger partial charge on any atom is 0.316 e. The SMILES string of the molecule is CN(C)C(=O)NCC1CCCCNC1. The van der Waals surface area contributed by atoms with E-state index in [2.05, 4.69) is 10.6 Å². The van der Waals surface area contributed by atoms with Gasteiger partial charge in [-0.1, -0.05) is 6.42 Å². The van der Waals surface area contributed by atoms with Crippen molar-refractivity contribution in [1.82, 2.24) is 15.5 Å². The fraction of sp³-hybridized carbons (Fsp3) is 0.900. The van der Waals surface area contributed by atoms with Gasteiger partial charge in [-0.3, -0.25) is 0 Å². The standard InChI is InChI=1S/C10H21N3O/c1-13(2)10(14)12-8-9-5-3-4-6-11-7-9/h9,11H,3-8H2,1-2H3,(H,12,14). The van der Waals surface area contributed by atoms with Crippen LogP contribution in [0.15, 0.2) is 0 Å². The molecule has 2 N–H and O–H groups in total. The van der Waals surface area contributed by atoms with Gasteiger partial charge in [0, 0.05) is 20.6 Å². The summed E-state index contributed by atoms with van der Waals surface area (Å²) in [6, 6.07) is 0.00856. The fourth-order valence-corrected chi connectivity index (χ4v) is 1.66. The van der Waals surface area contributed by atoms with Crippen molar-refractivity contribution >= 4 is 6.03 Å². The maximum absolute atomic E-state index is 11.3. The Hall–Kier alpha value is -0.770. The predicted octanol–water partition coefficient (Wildman–Crippen LogP) is 0.647. The number of carbonyl (C=O) groups excluding carboxylic acids is 1. The first-order valence-electron chi connectivity index (χ1n) is 5.36. The molecule has 4 heteroatoms. The van der Waals surface area contributed by atoms with Gasteiger partial charge < -0.3 is 15.5 Å². The summed E-state index contributed by atoms with van der Waals surface area (Å²) in [4.78, 5) is 12.8. The van der Waals surface area contributed by atoms with Gasteiger partial charge in [-0.15, -0.1) is 0 Å². The Morgan fingerprint density at radius 1 is 1.50 bits per heavy atom. The quantitative estimate of drug-likeness (QED) is 0.686. The third kappa shape index (κ3) is 3.96. The lowest BCUT2D eigenvalue weighted by molar-refractivity contribution is 0.215. The minimum absolute atomic E-state index is 0.00856. The van der Waals surface area contributed by atoms with Crippen LogP contribution in [0.3, 0.4) is 0 Å². The second-order valence-corrected chi connectivity index (χ2v) is 4.15. The summed E-state index contributed by atoms with van der Waals surface area (Å²) in [5.74, 6) is 0.599. The van der Waals surface area contributed by atoms with Crippen LogP contribution in [-0.2, 0) is 0 Å². The van der Waals surface area contributed by atoms with Gasteiger partial charge in [-0.2, -0.15) is 0 Å². The molecule has 1 aliphatic heterocycles. The molecule has 1 unspecified atom stereocenters. The minimum Gasteiger partial charge on any atom is -0.338 e. The highest BCUT2D eigenvalue weighted by molar-refractivity contribution is 5.73. The topological polar surface area (TPSA) is 44.4 Å². The van der Waals surface area contributed by atoms with Gasteiger partial charge in [0.05, 0.1) is 0 Å². The summed E-state index contributed by atoms with van der Waals surface area (Å²) in [5, 5.41) is 6.31. The molecule has 0 aromatic heterocycles. The van der Waals surface area contributed by atoms with Gasteiger partial charge >= 0.3 is 6.03 Å². The number of carbonyl (C=O) groups is 1. The predicted molar refractivity (Wildman–Crippen MR) is 57.3 cm³/mol. The lowest BCUT2D eigenvalue weighted by Crippen LogP contribution is -2.39. The van der Waals surface area contributed by atoms with E-state index in [0.717, 1.165) is 19.6 Å². The Morgan fingerprint density at radius 2 is 2.29 bits per heavy atom. The van der Waals surface area contributed by atoms with E-state index in [9.17, 15) is 4.79 Å². The van der Waals surface area contributed by atoms with Crippen molar-refractivity contribution in [2.75, 3.05) is 33.7 Å². The smallest absolute Gasteiger partial charge is 0.316 e. The molecule has 1 atom stereocenters. The second-order valence-electron chi connectivity index (χ2n) is 4.15. The molecular weight excluding hydrogens is 178 g/mol. The summed E-state index contributed by atoms with van der Waals surface area (Å²) in [5.41, 5.74) is 0. The van der Waals surface area contributed by atoms with Gasteiger partial charge in [0.25, 0.3) is 0 Å². The lowest BCUT2D eigenvalue weighted by atomic mass is 10.0. The number of nitrogens with one attached hydrogen (secondary N) is 2. The van der Waals surface area contributed by atoms with Crippen LogP contribution in [0.4, 0.5) is 4.79 Å². The monoisotopic (exact) mass is 199 g/mol. The van der Waals surface area contributed by atoms with Crippen molar-refractivity contribution < 1.29 is 4.79 Å². The van der Waals surface area contributed by atoms with Crippen molar-refractivity contribution in [2.45, 2.75) is 19.3 Å². The molecule has 1 fully saturated rings. The number of hydrogen-bond donors (Lipinski definition) is 2. The molecule has 1 saturated heterocycles. The molecule has 1 heterocycles. The van der Waals surface area contributed by atoms with E-state index in [4.69, 9.17) is 0 Å². The van der Waals surface area contributed by atoms with Gasteiger partial charge in [-0.05, 0) is 31.8 Å². The van der Waals surface area contributed by atoms with E-state index in [1.165, 1.54) is 19.3 Å². The van der Waals surface area contributed by atoms with E-state index in [1.807, 2.05) is 0 Å². The van der Waals surface area contributed by atoms with Crippen LogP contribution in [0, 0.1) is 5.92 Å². The zero-order valence-electron chi connectivity index (χ0n) is 9.18. The molecule has 0 spiro atoms. The molecular formula is C10H21N3O. The highest BCUT2D eigenvalue weighted by Gasteiger charge is 2.13. The van der Waals surface area contributed by atoms with E-state index in [1.54, 1.807) is 19.0 Å². The van der Waals surface area contributed by atoms with Crippen LogP contribution in [-0.4, -0.2) is 44.7 Å². The molecule has 0 aromatic carbocycles. The van der Waals surface area contributed by atoms with Crippen LogP contribution in [0.5, 0.6) is 0 Å². The average molecular weight is 199 g/mol. The van der Waals surface area contributed by atoms with Crippen molar-refractivity contribution in [1.29, 1.82) is 0 Å². The number of nitrogens with zero attached hydrogens (tertiary/aromatic N) is 1. The fourth-order valence-electron chi connectivity index (χ4n) is 1.66. The zero-order chi connectivity index (χ0) is 10.4. The van der Waals surface area contributed by atoms with E-state index >= 15 is 0 Å². The Labute approximate surface area is 86.0 Å². The van der Waals surface area contributed by atoms with Crippen molar-refractivity contribution in [3.8, 4) is 0 Å².